The van der Waals surface area contributed by atoms with E-state index in [1.165, 1.54) is 0 Å². The van der Waals surface area contributed by atoms with Crippen LogP contribution in [-0.2, 0) is 4.74 Å². The first-order valence-corrected chi connectivity index (χ1v) is 6.52. The average Bonchev–Trinajstić information content (AvgIpc) is 2.94. The van der Waals surface area contributed by atoms with Crippen molar-refractivity contribution >= 4 is 5.57 Å². The summed E-state index contributed by atoms with van der Waals surface area (Å²) in [6.45, 7) is 11.3. The van der Waals surface area contributed by atoms with E-state index in [-0.39, 0.29) is 17.4 Å². The highest BCUT2D eigenvalue weighted by Crippen LogP contribution is 2.39. The lowest BCUT2D eigenvalue weighted by molar-refractivity contribution is 0.0193. The maximum atomic E-state index is 5.84. The molecule has 0 bridgehead atoms. The van der Waals surface area contributed by atoms with Gasteiger partial charge in [-0.2, -0.15) is 4.98 Å². The Hall–Kier alpha value is -1.16. The summed E-state index contributed by atoms with van der Waals surface area (Å²) in [5, 5.41) is 4.12. The molecule has 0 amide bonds. The van der Waals surface area contributed by atoms with Crippen molar-refractivity contribution in [1.82, 2.24) is 10.1 Å². The predicted molar refractivity (Wildman–Crippen MR) is 70.2 cm³/mol. The van der Waals surface area contributed by atoms with E-state index >= 15 is 0 Å². The fourth-order valence-corrected chi connectivity index (χ4v) is 2.38. The lowest BCUT2D eigenvalue weighted by atomic mass is 9.81. The van der Waals surface area contributed by atoms with E-state index in [0.717, 1.165) is 24.4 Å². The van der Waals surface area contributed by atoms with Gasteiger partial charge in [-0.1, -0.05) is 32.0 Å². The van der Waals surface area contributed by atoms with Gasteiger partial charge in [0.1, 0.15) is 0 Å². The quantitative estimate of drug-likeness (QED) is 0.807. The summed E-state index contributed by atoms with van der Waals surface area (Å²) < 4.78 is 11.1. The molecule has 0 aliphatic carbocycles. The van der Waals surface area contributed by atoms with E-state index in [1.54, 1.807) is 0 Å². The topological polar surface area (TPSA) is 48.2 Å². The van der Waals surface area contributed by atoms with Gasteiger partial charge in [-0.05, 0) is 25.7 Å². The normalized spacial score (nSPS) is 25.7. The highest BCUT2D eigenvalue weighted by atomic mass is 16.5. The van der Waals surface area contributed by atoms with E-state index in [1.807, 2.05) is 19.9 Å². The Kier molecular flexibility index (Phi) is 3.57. The van der Waals surface area contributed by atoms with Crippen LogP contribution in [0.25, 0.3) is 5.57 Å². The fourth-order valence-electron chi connectivity index (χ4n) is 2.38. The van der Waals surface area contributed by atoms with Crippen LogP contribution in [0, 0.1) is 5.41 Å². The van der Waals surface area contributed by atoms with Crippen molar-refractivity contribution in [2.24, 2.45) is 5.41 Å². The summed E-state index contributed by atoms with van der Waals surface area (Å²) in [4.78, 5) is 4.50. The third-order valence-corrected chi connectivity index (χ3v) is 3.49. The van der Waals surface area contributed by atoms with Gasteiger partial charge in [0.2, 0.25) is 0 Å². The van der Waals surface area contributed by atoms with Gasteiger partial charge in [0.25, 0.3) is 5.89 Å². The number of hydrogen-bond donors (Lipinski definition) is 0. The molecule has 0 saturated carbocycles. The molecule has 0 spiro atoms. The van der Waals surface area contributed by atoms with Crippen LogP contribution in [0.2, 0.25) is 0 Å². The van der Waals surface area contributed by atoms with E-state index in [0.29, 0.717) is 5.89 Å². The summed E-state index contributed by atoms with van der Waals surface area (Å²) in [7, 11) is 0. The predicted octanol–water partition coefficient (Wildman–Crippen LogP) is 3.41. The van der Waals surface area contributed by atoms with Crippen LogP contribution in [0.4, 0.5) is 0 Å². The van der Waals surface area contributed by atoms with Gasteiger partial charge in [0.15, 0.2) is 5.82 Å². The van der Waals surface area contributed by atoms with Gasteiger partial charge in [-0.25, -0.2) is 0 Å². The summed E-state index contributed by atoms with van der Waals surface area (Å²) in [5.74, 6) is 1.64. The molecule has 0 unspecified atom stereocenters. The molecular weight excluding hydrogens is 228 g/mol. The summed E-state index contributed by atoms with van der Waals surface area (Å²) in [5.41, 5.74) is 1.11. The van der Waals surface area contributed by atoms with Gasteiger partial charge in [0.05, 0.1) is 12.0 Å². The molecule has 1 aliphatic heterocycles. The molecule has 4 nitrogen and oxygen atoms in total. The zero-order chi connectivity index (χ0) is 13.3. The number of allylic oxidation sites excluding steroid dienone is 2. The number of aromatic nitrogens is 2. The Morgan fingerprint density at radius 3 is 2.72 bits per heavy atom. The first kappa shape index (κ1) is 13.3. The molecule has 100 valence electrons. The van der Waals surface area contributed by atoms with E-state index < -0.39 is 0 Å². The monoisotopic (exact) mass is 250 g/mol. The Balaban J connectivity index is 2.23. The van der Waals surface area contributed by atoms with Crippen LogP contribution < -0.4 is 0 Å². The molecule has 2 rings (SSSR count). The lowest BCUT2D eigenvalue weighted by Crippen LogP contribution is -2.30. The number of rotatable bonds is 2. The van der Waals surface area contributed by atoms with Crippen molar-refractivity contribution in [3.63, 3.8) is 0 Å². The Bertz CT molecular complexity index is 443. The zero-order valence-electron chi connectivity index (χ0n) is 11.9. The Morgan fingerprint density at radius 2 is 2.11 bits per heavy atom. The zero-order valence-corrected chi connectivity index (χ0v) is 11.9. The van der Waals surface area contributed by atoms with Gasteiger partial charge in [0, 0.05) is 12.2 Å². The number of nitrogens with zero attached hydrogens (tertiary/aromatic N) is 2. The van der Waals surface area contributed by atoms with Gasteiger partial charge in [-0.3, -0.25) is 0 Å². The first-order valence-electron chi connectivity index (χ1n) is 6.52. The van der Waals surface area contributed by atoms with E-state index in [4.69, 9.17) is 9.26 Å². The molecule has 0 aromatic carbocycles. The molecule has 1 aliphatic rings. The van der Waals surface area contributed by atoms with Crippen molar-refractivity contribution in [1.29, 1.82) is 0 Å². The van der Waals surface area contributed by atoms with Crippen molar-refractivity contribution < 1.29 is 9.26 Å². The second kappa shape index (κ2) is 4.84. The van der Waals surface area contributed by atoms with Crippen LogP contribution in [0.1, 0.15) is 58.7 Å². The second-order valence-electron chi connectivity index (χ2n) is 5.98. The van der Waals surface area contributed by atoms with Crippen molar-refractivity contribution in [3.8, 4) is 0 Å². The molecule has 18 heavy (non-hydrogen) atoms. The minimum atomic E-state index is 0.0948. The third-order valence-electron chi connectivity index (χ3n) is 3.49. The van der Waals surface area contributed by atoms with Crippen LogP contribution >= 0.6 is 0 Å². The summed E-state index contributed by atoms with van der Waals surface area (Å²) in [6.07, 6.45) is 3.10. The highest BCUT2D eigenvalue weighted by molar-refractivity contribution is 5.55. The lowest BCUT2D eigenvalue weighted by Gasteiger charge is -2.29. The third kappa shape index (κ3) is 2.48. The molecule has 2 heterocycles. The minimum absolute atomic E-state index is 0.0948. The van der Waals surface area contributed by atoms with Crippen LogP contribution in [0.5, 0.6) is 0 Å². The van der Waals surface area contributed by atoms with Crippen molar-refractivity contribution in [2.45, 2.75) is 53.1 Å². The molecule has 0 N–H and O–H groups in total. The van der Waals surface area contributed by atoms with Gasteiger partial charge in [-0.15, -0.1) is 0 Å². The minimum Gasteiger partial charge on any atom is -0.377 e. The first-order chi connectivity index (χ1) is 8.43. The standard InChI is InChI=1S/C14H22N2O2/c1-6-9(2)13-15-12(16-18-13)10-7-8-17-11(10)14(3,4)5/h6,10-11H,7-8H2,1-5H3/b9-6-/t10-,11-/m0/s1. The number of ether oxygens (including phenoxy) is 1. The fraction of sp³-hybridized carbons (Fsp3) is 0.714. The largest absolute Gasteiger partial charge is 0.377 e. The molecule has 4 heteroatoms. The molecule has 1 aromatic heterocycles. The summed E-state index contributed by atoms with van der Waals surface area (Å²) in [6, 6.07) is 0. The Morgan fingerprint density at radius 1 is 1.39 bits per heavy atom. The van der Waals surface area contributed by atoms with Crippen LogP contribution in [-0.4, -0.2) is 22.9 Å². The van der Waals surface area contributed by atoms with E-state index in [9.17, 15) is 0 Å². The van der Waals surface area contributed by atoms with E-state index in [2.05, 4.69) is 30.9 Å². The van der Waals surface area contributed by atoms with Crippen LogP contribution in [0.3, 0.4) is 0 Å². The molecular formula is C14H22N2O2. The molecule has 1 saturated heterocycles. The molecule has 1 aromatic rings. The molecule has 0 radical (unpaired) electrons. The van der Waals surface area contributed by atoms with Crippen molar-refractivity contribution in [3.05, 3.63) is 17.8 Å². The smallest absolute Gasteiger partial charge is 0.253 e. The van der Waals surface area contributed by atoms with Gasteiger partial charge < -0.3 is 9.26 Å². The Labute approximate surface area is 108 Å². The second-order valence-corrected chi connectivity index (χ2v) is 5.98. The average molecular weight is 250 g/mol. The van der Waals surface area contributed by atoms with Crippen LogP contribution in [0.15, 0.2) is 10.6 Å². The summed E-state index contributed by atoms with van der Waals surface area (Å²) >= 11 is 0. The number of hydrogen-bond acceptors (Lipinski definition) is 4. The van der Waals surface area contributed by atoms with Crippen molar-refractivity contribution in [2.75, 3.05) is 6.61 Å². The SMILES string of the molecule is C/C=C(/C)c1nc([C@H]2CCO[C@@H]2C(C)(C)C)no1. The highest BCUT2D eigenvalue weighted by Gasteiger charge is 2.40. The van der Waals surface area contributed by atoms with Gasteiger partial charge >= 0.3 is 0 Å². The molecule has 1 fully saturated rings. The molecule has 2 atom stereocenters. The maximum absolute atomic E-state index is 5.84. The maximum Gasteiger partial charge on any atom is 0.253 e.